The number of anilines is 2. The maximum Gasteiger partial charge on any atom is 0.416 e. The number of carbonyl (C=O) groups excluding carboxylic acids is 1. The highest BCUT2D eigenvalue weighted by molar-refractivity contribution is 7.13. The van der Waals surface area contributed by atoms with Crippen molar-refractivity contribution in [2.75, 3.05) is 11.1 Å². The summed E-state index contributed by atoms with van der Waals surface area (Å²) in [5, 5.41) is 5.20. The number of rotatable bonds is 5. The van der Waals surface area contributed by atoms with E-state index in [0.717, 1.165) is 23.4 Å². The summed E-state index contributed by atoms with van der Waals surface area (Å²) in [7, 11) is 0. The van der Waals surface area contributed by atoms with Crippen LogP contribution in [-0.4, -0.2) is 10.9 Å². The molecule has 0 bridgehead atoms. The molecule has 0 saturated carbocycles. The number of benzene rings is 3. The van der Waals surface area contributed by atoms with Gasteiger partial charge < -0.3 is 11.1 Å². The highest BCUT2D eigenvalue weighted by Gasteiger charge is 2.30. The van der Waals surface area contributed by atoms with Crippen molar-refractivity contribution in [1.29, 1.82) is 0 Å². The van der Waals surface area contributed by atoms with Crippen LogP contribution in [0.1, 0.15) is 27.2 Å². The lowest BCUT2D eigenvalue weighted by Gasteiger charge is -2.12. The molecule has 1 amide bonds. The van der Waals surface area contributed by atoms with Crippen molar-refractivity contribution in [3.8, 4) is 11.1 Å². The standard InChI is InChI=1S/C25H18F3N3OS/c26-25(27,28)18-10-8-17(9-11-18)21-3-1-2-4-22(21)23(32)30-19-12-5-16(6-13-19)7-14-20-15-33-24(29)31-20/h1-15H,(H2,29,31)(H,30,32)/b14-7+. The summed E-state index contributed by atoms with van der Waals surface area (Å²) in [5.41, 5.74) is 8.61. The molecule has 0 saturated heterocycles. The van der Waals surface area contributed by atoms with E-state index < -0.39 is 11.7 Å². The van der Waals surface area contributed by atoms with E-state index in [1.807, 2.05) is 29.7 Å². The van der Waals surface area contributed by atoms with Gasteiger partial charge in [-0.1, -0.05) is 48.5 Å². The van der Waals surface area contributed by atoms with Crippen LogP contribution in [0.2, 0.25) is 0 Å². The number of halogens is 3. The van der Waals surface area contributed by atoms with Crippen LogP contribution in [0.25, 0.3) is 23.3 Å². The first-order chi connectivity index (χ1) is 15.8. The Morgan fingerprint density at radius 3 is 2.27 bits per heavy atom. The van der Waals surface area contributed by atoms with E-state index in [0.29, 0.717) is 27.5 Å². The van der Waals surface area contributed by atoms with Gasteiger partial charge in [0.05, 0.1) is 11.3 Å². The Morgan fingerprint density at radius 1 is 0.939 bits per heavy atom. The third-order valence-corrected chi connectivity index (χ3v) is 5.54. The molecule has 1 heterocycles. The second kappa shape index (κ2) is 9.30. The molecule has 0 aliphatic heterocycles. The fourth-order valence-corrected chi connectivity index (χ4v) is 3.74. The van der Waals surface area contributed by atoms with Crippen LogP contribution in [-0.2, 0) is 6.18 Å². The summed E-state index contributed by atoms with van der Waals surface area (Å²) in [4.78, 5) is 17.1. The monoisotopic (exact) mass is 465 g/mol. The largest absolute Gasteiger partial charge is 0.416 e. The van der Waals surface area contributed by atoms with E-state index in [1.165, 1.54) is 23.5 Å². The minimum absolute atomic E-state index is 0.355. The Morgan fingerprint density at radius 2 is 1.64 bits per heavy atom. The molecule has 0 fully saturated rings. The van der Waals surface area contributed by atoms with E-state index in [2.05, 4.69) is 10.3 Å². The number of aromatic nitrogens is 1. The summed E-state index contributed by atoms with van der Waals surface area (Å²) < 4.78 is 38.6. The number of thiazole rings is 1. The number of carbonyl (C=O) groups is 1. The fourth-order valence-electron chi connectivity index (χ4n) is 3.21. The van der Waals surface area contributed by atoms with Gasteiger partial charge in [0.2, 0.25) is 0 Å². The second-order valence-corrected chi connectivity index (χ2v) is 8.03. The second-order valence-electron chi connectivity index (χ2n) is 7.14. The molecule has 166 valence electrons. The SMILES string of the molecule is Nc1nc(/C=C/c2ccc(NC(=O)c3ccccc3-c3ccc(C(F)(F)F)cc3)cc2)cs1. The smallest absolute Gasteiger partial charge is 0.375 e. The molecule has 4 nitrogen and oxygen atoms in total. The molecule has 0 spiro atoms. The maximum atomic E-state index is 12.9. The molecule has 33 heavy (non-hydrogen) atoms. The summed E-state index contributed by atoms with van der Waals surface area (Å²) in [6.07, 6.45) is -0.675. The third kappa shape index (κ3) is 5.48. The summed E-state index contributed by atoms with van der Waals surface area (Å²) in [6, 6.07) is 18.8. The van der Waals surface area contributed by atoms with Gasteiger partial charge in [0.25, 0.3) is 5.91 Å². The van der Waals surface area contributed by atoms with Crippen LogP contribution >= 0.6 is 11.3 Å². The van der Waals surface area contributed by atoms with Gasteiger partial charge in [-0.2, -0.15) is 13.2 Å². The molecule has 0 radical (unpaired) electrons. The summed E-state index contributed by atoms with van der Waals surface area (Å²) >= 11 is 1.37. The van der Waals surface area contributed by atoms with Gasteiger partial charge in [0.1, 0.15) is 0 Å². The molecule has 3 aromatic carbocycles. The van der Waals surface area contributed by atoms with Crippen molar-refractivity contribution in [3.63, 3.8) is 0 Å². The molecule has 0 unspecified atom stereocenters. The lowest BCUT2D eigenvalue weighted by atomic mass is 9.98. The first-order valence-corrected chi connectivity index (χ1v) is 10.7. The van der Waals surface area contributed by atoms with Crippen molar-refractivity contribution in [2.24, 2.45) is 0 Å². The molecule has 4 rings (SSSR count). The average molecular weight is 466 g/mol. The molecule has 0 aliphatic rings. The van der Waals surface area contributed by atoms with Crippen LogP contribution < -0.4 is 11.1 Å². The quantitative estimate of drug-likeness (QED) is 0.339. The fraction of sp³-hybridized carbons (Fsp3) is 0.0400. The Kier molecular flexibility index (Phi) is 6.28. The Balaban J connectivity index is 1.49. The average Bonchev–Trinajstić information content (AvgIpc) is 3.23. The van der Waals surface area contributed by atoms with Crippen LogP contribution in [0, 0.1) is 0 Å². The zero-order valence-corrected chi connectivity index (χ0v) is 18.0. The Bertz CT molecular complexity index is 1290. The molecule has 8 heteroatoms. The summed E-state index contributed by atoms with van der Waals surface area (Å²) in [6.45, 7) is 0. The van der Waals surface area contributed by atoms with Crippen LogP contribution in [0.15, 0.2) is 78.2 Å². The summed E-state index contributed by atoms with van der Waals surface area (Å²) in [5.74, 6) is -0.355. The highest BCUT2D eigenvalue weighted by Crippen LogP contribution is 2.32. The highest BCUT2D eigenvalue weighted by atomic mass is 32.1. The maximum absolute atomic E-state index is 12.9. The van der Waals surface area contributed by atoms with Crippen molar-refractivity contribution < 1.29 is 18.0 Å². The topological polar surface area (TPSA) is 68.0 Å². The van der Waals surface area contributed by atoms with Gasteiger partial charge in [0.15, 0.2) is 5.13 Å². The zero-order valence-electron chi connectivity index (χ0n) is 17.1. The number of amides is 1. The first kappa shape index (κ1) is 22.3. The molecule has 0 aliphatic carbocycles. The number of nitrogen functional groups attached to an aromatic ring is 1. The first-order valence-electron chi connectivity index (χ1n) is 9.87. The molecular formula is C25H18F3N3OS. The molecule has 3 N–H and O–H groups in total. The van der Waals surface area contributed by atoms with Crippen LogP contribution in [0.4, 0.5) is 24.0 Å². The molecule has 4 aromatic rings. The normalized spacial score (nSPS) is 11.6. The molecule has 0 atom stereocenters. The van der Waals surface area contributed by atoms with E-state index in [4.69, 9.17) is 5.73 Å². The number of hydrogen-bond donors (Lipinski definition) is 2. The van der Waals surface area contributed by atoms with Crippen molar-refractivity contribution in [3.05, 3.63) is 101 Å². The van der Waals surface area contributed by atoms with Gasteiger partial charge in [-0.25, -0.2) is 4.98 Å². The van der Waals surface area contributed by atoms with Crippen molar-refractivity contribution >= 4 is 40.2 Å². The lowest BCUT2D eigenvalue weighted by molar-refractivity contribution is -0.137. The minimum Gasteiger partial charge on any atom is -0.375 e. The zero-order chi connectivity index (χ0) is 23.4. The predicted octanol–water partition coefficient (Wildman–Crippen LogP) is 6.83. The van der Waals surface area contributed by atoms with E-state index in [1.54, 1.807) is 36.4 Å². The van der Waals surface area contributed by atoms with E-state index >= 15 is 0 Å². The van der Waals surface area contributed by atoms with Crippen LogP contribution in [0.5, 0.6) is 0 Å². The van der Waals surface area contributed by atoms with Crippen molar-refractivity contribution in [1.82, 2.24) is 4.98 Å². The Labute approximate surface area is 192 Å². The van der Waals surface area contributed by atoms with Gasteiger partial charge in [-0.15, -0.1) is 11.3 Å². The third-order valence-electron chi connectivity index (χ3n) is 4.85. The predicted molar refractivity (Wildman–Crippen MR) is 127 cm³/mol. The van der Waals surface area contributed by atoms with Gasteiger partial charge in [0, 0.05) is 16.6 Å². The van der Waals surface area contributed by atoms with Gasteiger partial charge >= 0.3 is 6.18 Å². The molecular weight excluding hydrogens is 447 g/mol. The lowest BCUT2D eigenvalue weighted by Crippen LogP contribution is -2.13. The number of nitrogens with zero attached hydrogens (tertiary/aromatic N) is 1. The van der Waals surface area contributed by atoms with E-state index in [9.17, 15) is 18.0 Å². The number of alkyl halides is 3. The number of hydrogen-bond acceptors (Lipinski definition) is 4. The number of nitrogens with two attached hydrogens (primary N) is 1. The molecule has 1 aromatic heterocycles. The van der Waals surface area contributed by atoms with E-state index in [-0.39, 0.29) is 5.91 Å². The van der Waals surface area contributed by atoms with Crippen molar-refractivity contribution in [2.45, 2.75) is 6.18 Å². The van der Waals surface area contributed by atoms with Gasteiger partial charge in [-0.05, 0) is 53.1 Å². The Hall–Kier alpha value is -3.91. The van der Waals surface area contributed by atoms with Gasteiger partial charge in [-0.3, -0.25) is 4.79 Å². The minimum atomic E-state index is -4.41. The number of nitrogens with one attached hydrogen (secondary N) is 1. The van der Waals surface area contributed by atoms with Crippen LogP contribution in [0.3, 0.4) is 0 Å².